The van der Waals surface area contributed by atoms with Crippen LogP contribution in [0.15, 0.2) is 24.5 Å². The van der Waals surface area contributed by atoms with Crippen LogP contribution in [0.5, 0.6) is 0 Å². The molecule has 1 aromatic carbocycles. The van der Waals surface area contributed by atoms with Crippen molar-refractivity contribution in [1.29, 1.82) is 0 Å². The number of carbonyl (C=O) groups is 1. The van der Waals surface area contributed by atoms with E-state index in [0.717, 1.165) is 23.7 Å². The second-order valence-corrected chi connectivity index (χ2v) is 5.06. The van der Waals surface area contributed by atoms with E-state index in [1.165, 1.54) is 19.2 Å². The number of carboxylic acids is 1. The summed E-state index contributed by atoms with van der Waals surface area (Å²) in [5.41, 5.74) is 0.926. The molecular weight excluding hydrogens is 242 g/mol. The maximum Gasteiger partial charge on any atom is 0.335 e. The minimum atomic E-state index is -0.937. The van der Waals surface area contributed by atoms with Crippen LogP contribution in [0.25, 0.3) is 10.9 Å². The van der Waals surface area contributed by atoms with Gasteiger partial charge in [-0.25, -0.2) is 14.8 Å². The van der Waals surface area contributed by atoms with Gasteiger partial charge in [0.25, 0.3) is 0 Å². The highest BCUT2D eigenvalue weighted by molar-refractivity contribution is 5.96. The van der Waals surface area contributed by atoms with Crippen molar-refractivity contribution in [1.82, 2.24) is 9.97 Å². The number of carboxylic acid groups (broad SMARTS) is 1. The van der Waals surface area contributed by atoms with Gasteiger partial charge in [0, 0.05) is 19.0 Å². The quantitative estimate of drug-likeness (QED) is 0.909. The van der Waals surface area contributed by atoms with Gasteiger partial charge in [0.15, 0.2) is 0 Å². The van der Waals surface area contributed by atoms with Crippen molar-refractivity contribution in [3.8, 4) is 0 Å². The van der Waals surface area contributed by atoms with Crippen LogP contribution >= 0.6 is 0 Å². The molecule has 5 heteroatoms. The Kier molecular flexibility index (Phi) is 2.81. The molecule has 1 N–H and O–H groups in total. The third kappa shape index (κ3) is 2.36. The monoisotopic (exact) mass is 257 g/mol. The Bertz CT molecular complexity index is 638. The van der Waals surface area contributed by atoms with E-state index in [9.17, 15) is 4.79 Å². The van der Waals surface area contributed by atoms with Crippen LogP contribution in [0, 0.1) is 5.92 Å². The number of hydrogen-bond donors (Lipinski definition) is 1. The summed E-state index contributed by atoms with van der Waals surface area (Å²) in [4.78, 5) is 21.6. The van der Waals surface area contributed by atoms with Gasteiger partial charge in [0.1, 0.15) is 12.1 Å². The summed E-state index contributed by atoms with van der Waals surface area (Å²) in [7, 11) is 2.02. The minimum Gasteiger partial charge on any atom is -0.478 e. The first-order valence-corrected chi connectivity index (χ1v) is 6.34. The Balaban J connectivity index is 2.02. The van der Waals surface area contributed by atoms with E-state index in [4.69, 9.17) is 5.11 Å². The van der Waals surface area contributed by atoms with E-state index in [2.05, 4.69) is 14.9 Å². The van der Waals surface area contributed by atoms with Crippen molar-refractivity contribution >= 4 is 22.7 Å². The molecule has 3 rings (SSSR count). The van der Waals surface area contributed by atoms with E-state index in [1.54, 1.807) is 18.2 Å². The number of fused-ring (bicyclic) bond motifs is 1. The van der Waals surface area contributed by atoms with Gasteiger partial charge >= 0.3 is 5.97 Å². The van der Waals surface area contributed by atoms with Gasteiger partial charge in [-0.05, 0) is 37.0 Å². The fourth-order valence-corrected chi connectivity index (χ4v) is 2.25. The molecule has 98 valence electrons. The first-order chi connectivity index (χ1) is 9.15. The lowest BCUT2D eigenvalue weighted by Gasteiger charge is -2.19. The molecule has 5 nitrogen and oxygen atoms in total. The molecule has 0 radical (unpaired) electrons. The van der Waals surface area contributed by atoms with Crippen molar-refractivity contribution in [2.24, 2.45) is 5.92 Å². The zero-order valence-electron chi connectivity index (χ0n) is 10.7. The van der Waals surface area contributed by atoms with Crippen LogP contribution in [0.3, 0.4) is 0 Å². The summed E-state index contributed by atoms with van der Waals surface area (Å²) in [5.74, 6) is 0.704. The van der Waals surface area contributed by atoms with Crippen molar-refractivity contribution in [3.63, 3.8) is 0 Å². The van der Waals surface area contributed by atoms with Crippen LogP contribution in [0.1, 0.15) is 23.2 Å². The highest BCUT2D eigenvalue weighted by atomic mass is 16.4. The average molecular weight is 257 g/mol. The van der Waals surface area contributed by atoms with Crippen molar-refractivity contribution < 1.29 is 9.90 Å². The minimum absolute atomic E-state index is 0.252. The molecule has 0 atom stereocenters. The van der Waals surface area contributed by atoms with Crippen LogP contribution < -0.4 is 4.90 Å². The standard InChI is InChI=1S/C14H15N3O2/c1-17(7-9-2-3-9)13-11-5-4-10(14(18)19)6-12(11)15-8-16-13/h4-6,8-9H,2-3,7H2,1H3,(H,18,19). The van der Waals surface area contributed by atoms with Gasteiger partial charge in [-0.15, -0.1) is 0 Å². The molecule has 0 amide bonds. The van der Waals surface area contributed by atoms with E-state index in [1.807, 2.05) is 7.05 Å². The number of aromatic nitrogens is 2. The lowest BCUT2D eigenvalue weighted by Crippen LogP contribution is -2.21. The molecule has 1 fully saturated rings. The lowest BCUT2D eigenvalue weighted by molar-refractivity contribution is 0.0697. The van der Waals surface area contributed by atoms with E-state index < -0.39 is 5.97 Å². The van der Waals surface area contributed by atoms with Crippen molar-refractivity contribution in [2.75, 3.05) is 18.5 Å². The predicted molar refractivity (Wildman–Crippen MR) is 72.5 cm³/mol. The first kappa shape index (κ1) is 11.9. The zero-order valence-corrected chi connectivity index (χ0v) is 10.7. The molecule has 0 spiro atoms. The third-order valence-electron chi connectivity index (χ3n) is 3.45. The van der Waals surface area contributed by atoms with Crippen LogP contribution in [-0.4, -0.2) is 34.6 Å². The third-order valence-corrected chi connectivity index (χ3v) is 3.45. The Morgan fingerprint density at radius 1 is 1.42 bits per heavy atom. The molecule has 19 heavy (non-hydrogen) atoms. The largest absolute Gasteiger partial charge is 0.478 e. The topological polar surface area (TPSA) is 66.3 Å². The predicted octanol–water partition coefficient (Wildman–Crippen LogP) is 2.17. The van der Waals surface area contributed by atoms with Gasteiger partial charge in [-0.2, -0.15) is 0 Å². The van der Waals surface area contributed by atoms with Crippen LogP contribution in [0.4, 0.5) is 5.82 Å². The highest BCUT2D eigenvalue weighted by Crippen LogP contribution is 2.32. The number of rotatable bonds is 4. The van der Waals surface area contributed by atoms with Gasteiger partial charge in [-0.1, -0.05) is 0 Å². The van der Waals surface area contributed by atoms with Gasteiger partial charge < -0.3 is 10.0 Å². The van der Waals surface area contributed by atoms with Crippen molar-refractivity contribution in [3.05, 3.63) is 30.1 Å². The number of anilines is 1. The van der Waals surface area contributed by atoms with E-state index in [-0.39, 0.29) is 5.56 Å². The number of nitrogens with zero attached hydrogens (tertiary/aromatic N) is 3. The zero-order chi connectivity index (χ0) is 13.4. The van der Waals surface area contributed by atoms with Crippen LogP contribution in [0.2, 0.25) is 0 Å². The molecule has 0 unspecified atom stereocenters. The molecule has 1 aliphatic rings. The van der Waals surface area contributed by atoms with E-state index in [0.29, 0.717) is 5.52 Å². The summed E-state index contributed by atoms with van der Waals surface area (Å²) in [6.45, 7) is 0.993. The Morgan fingerprint density at radius 2 is 2.21 bits per heavy atom. The second-order valence-electron chi connectivity index (χ2n) is 5.06. The van der Waals surface area contributed by atoms with Gasteiger partial charge in [0.2, 0.25) is 0 Å². The molecule has 1 heterocycles. The van der Waals surface area contributed by atoms with Gasteiger partial charge in [0.05, 0.1) is 11.1 Å². The smallest absolute Gasteiger partial charge is 0.335 e. The van der Waals surface area contributed by atoms with Crippen LogP contribution in [-0.2, 0) is 0 Å². The average Bonchev–Trinajstić information content (AvgIpc) is 3.21. The fourth-order valence-electron chi connectivity index (χ4n) is 2.25. The van der Waals surface area contributed by atoms with Crippen molar-refractivity contribution in [2.45, 2.75) is 12.8 Å². The Morgan fingerprint density at radius 3 is 2.89 bits per heavy atom. The molecular formula is C14H15N3O2. The molecule has 1 saturated carbocycles. The maximum absolute atomic E-state index is 11.0. The molecule has 0 aliphatic heterocycles. The molecule has 0 saturated heterocycles. The second kappa shape index (κ2) is 4.50. The summed E-state index contributed by atoms with van der Waals surface area (Å²) in [6, 6.07) is 4.98. The Hall–Kier alpha value is -2.17. The molecule has 2 aromatic rings. The number of hydrogen-bond acceptors (Lipinski definition) is 4. The number of aromatic carboxylic acids is 1. The molecule has 0 bridgehead atoms. The summed E-state index contributed by atoms with van der Waals surface area (Å²) in [6.07, 6.45) is 4.07. The highest BCUT2D eigenvalue weighted by Gasteiger charge is 2.24. The maximum atomic E-state index is 11.0. The molecule has 1 aliphatic carbocycles. The first-order valence-electron chi connectivity index (χ1n) is 6.34. The molecule has 1 aromatic heterocycles. The SMILES string of the molecule is CN(CC1CC1)c1ncnc2cc(C(=O)O)ccc12. The Labute approximate surface area is 110 Å². The summed E-state index contributed by atoms with van der Waals surface area (Å²) in [5, 5.41) is 9.89. The lowest BCUT2D eigenvalue weighted by atomic mass is 10.1. The fraction of sp³-hybridized carbons (Fsp3) is 0.357. The normalized spacial score (nSPS) is 14.6. The summed E-state index contributed by atoms with van der Waals surface area (Å²) >= 11 is 0. The van der Waals surface area contributed by atoms with E-state index >= 15 is 0 Å². The number of benzene rings is 1. The van der Waals surface area contributed by atoms with Gasteiger partial charge in [-0.3, -0.25) is 0 Å². The summed E-state index contributed by atoms with van der Waals surface area (Å²) < 4.78 is 0.